The Bertz CT molecular complexity index is 438. The summed E-state index contributed by atoms with van der Waals surface area (Å²) >= 11 is 0. The molecule has 0 aliphatic heterocycles. The van der Waals surface area contributed by atoms with Crippen LogP contribution in [0.3, 0.4) is 0 Å². The number of alkyl halides is 3. The van der Waals surface area contributed by atoms with E-state index in [9.17, 15) is 13.2 Å². The van der Waals surface area contributed by atoms with Gasteiger partial charge in [-0.25, -0.2) is 4.98 Å². The first kappa shape index (κ1) is 14.5. The zero-order valence-electron chi connectivity index (χ0n) is 10.7. The number of anilines is 1. The molecule has 0 saturated heterocycles. The van der Waals surface area contributed by atoms with Gasteiger partial charge in [0.05, 0.1) is 5.56 Å². The number of nitrogens with two attached hydrogens (primary N) is 1. The average molecular weight is 263 g/mol. The van der Waals surface area contributed by atoms with E-state index in [1.165, 1.54) is 6.92 Å². The molecule has 0 aliphatic carbocycles. The van der Waals surface area contributed by atoms with E-state index in [2.05, 4.69) is 14.7 Å². The van der Waals surface area contributed by atoms with Crippen molar-refractivity contribution in [1.82, 2.24) is 9.97 Å². The molecule has 1 aromatic rings. The molecule has 1 aromatic heterocycles. The Kier molecular flexibility index (Phi) is 3.73. The first-order valence-electron chi connectivity index (χ1n) is 5.35. The first-order valence-corrected chi connectivity index (χ1v) is 5.35. The van der Waals surface area contributed by atoms with E-state index in [-0.39, 0.29) is 11.7 Å². The fraction of sp³-hybridized carbons (Fsp3) is 0.636. The predicted octanol–water partition coefficient (Wildman–Crippen LogP) is 2.61. The van der Waals surface area contributed by atoms with Crippen LogP contribution in [-0.4, -0.2) is 22.8 Å². The van der Waals surface area contributed by atoms with Crippen LogP contribution in [0, 0.1) is 6.92 Å². The van der Waals surface area contributed by atoms with E-state index < -0.39 is 18.2 Å². The summed E-state index contributed by atoms with van der Waals surface area (Å²) in [6, 6.07) is 0. The Labute approximate surface area is 103 Å². The molecule has 0 bridgehead atoms. The highest BCUT2D eigenvalue weighted by Crippen LogP contribution is 2.27. The van der Waals surface area contributed by atoms with Crippen molar-refractivity contribution in [2.45, 2.75) is 39.3 Å². The second kappa shape index (κ2) is 4.62. The Morgan fingerprint density at radius 3 is 2.17 bits per heavy atom. The lowest BCUT2D eigenvalue weighted by atomic mass is 9.95. The molecule has 0 fully saturated rings. The van der Waals surface area contributed by atoms with Crippen molar-refractivity contribution >= 4 is 5.82 Å². The molecule has 0 aromatic carbocycles. The van der Waals surface area contributed by atoms with E-state index in [1.54, 1.807) is 0 Å². The summed E-state index contributed by atoms with van der Waals surface area (Å²) < 4.78 is 41.0. The smallest absolute Gasteiger partial charge is 0.422 e. The van der Waals surface area contributed by atoms with Gasteiger partial charge in [-0.2, -0.15) is 18.2 Å². The van der Waals surface area contributed by atoms with Gasteiger partial charge in [0, 0.05) is 5.41 Å². The van der Waals surface area contributed by atoms with Crippen LogP contribution < -0.4 is 10.5 Å². The normalized spacial score (nSPS) is 12.6. The Morgan fingerprint density at radius 2 is 1.72 bits per heavy atom. The number of halogens is 3. The van der Waals surface area contributed by atoms with Crippen molar-refractivity contribution in [1.29, 1.82) is 0 Å². The average Bonchev–Trinajstić information content (AvgIpc) is 2.17. The molecule has 0 radical (unpaired) electrons. The molecular weight excluding hydrogens is 247 g/mol. The number of ether oxygens (including phenoxy) is 1. The van der Waals surface area contributed by atoms with Crippen LogP contribution in [0.2, 0.25) is 0 Å². The number of aromatic nitrogens is 2. The Balaban J connectivity index is 3.07. The zero-order valence-corrected chi connectivity index (χ0v) is 10.7. The van der Waals surface area contributed by atoms with E-state index in [4.69, 9.17) is 5.73 Å². The minimum Gasteiger partial charge on any atom is -0.468 e. The molecule has 1 heterocycles. The second-order valence-electron chi connectivity index (χ2n) is 5.02. The van der Waals surface area contributed by atoms with Crippen molar-refractivity contribution in [3.8, 4) is 5.88 Å². The summed E-state index contributed by atoms with van der Waals surface area (Å²) in [7, 11) is 0. The molecule has 7 heteroatoms. The molecule has 0 atom stereocenters. The van der Waals surface area contributed by atoms with Crippen molar-refractivity contribution in [2.24, 2.45) is 0 Å². The highest BCUT2D eigenvalue weighted by molar-refractivity contribution is 5.45. The minimum absolute atomic E-state index is 0.121. The van der Waals surface area contributed by atoms with Crippen LogP contribution >= 0.6 is 0 Å². The summed E-state index contributed by atoms with van der Waals surface area (Å²) in [5.74, 6) is 0.361. The number of rotatable bonds is 2. The number of hydrogen-bond donors (Lipinski definition) is 1. The second-order valence-corrected chi connectivity index (χ2v) is 5.02. The van der Waals surface area contributed by atoms with Gasteiger partial charge in [0.15, 0.2) is 6.61 Å². The summed E-state index contributed by atoms with van der Waals surface area (Å²) in [5.41, 5.74) is 5.54. The maximum atomic E-state index is 12.1. The molecule has 1 rings (SSSR count). The van der Waals surface area contributed by atoms with Crippen LogP contribution in [-0.2, 0) is 5.41 Å². The highest BCUT2D eigenvalue weighted by atomic mass is 19.4. The van der Waals surface area contributed by atoms with Gasteiger partial charge in [0.2, 0.25) is 5.88 Å². The summed E-state index contributed by atoms with van der Waals surface area (Å²) in [5, 5.41) is 0. The van der Waals surface area contributed by atoms with E-state index >= 15 is 0 Å². The fourth-order valence-corrected chi connectivity index (χ4v) is 1.14. The first-order chi connectivity index (χ1) is 8.00. The molecule has 0 amide bonds. The zero-order chi connectivity index (χ0) is 14.1. The SMILES string of the molecule is Cc1c(N)nc(C(C)(C)C)nc1OCC(F)(F)F. The molecule has 18 heavy (non-hydrogen) atoms. The lowest BCUT2D eigenvalue weighted by Gasteiger charge is -2.19. The van der Waals surface area contributed by atoms with Gasteiger partial charge < -0.3 is 10.5 Å². The minimum atomic E-state index is -4.41. The fourth-order valence-electron chi connectivity index (χ4n) is 1.14. The molecule has 0 unspecified atom stereocenters. The third kappa shape index (κ3) is 3.75. The molecule has 2 N–H and O–H groups in total. The van der Waals surface area contributed by atoms with Crippen molar-refractivity contribution in [3.05, 3.63) is 11.4 Å². The maximum absolute atomic E-state index is 12.1. The van der Waals surface area contributed by atoms with Crippen molar-refractivity contribution < 1.29 is 17.9 Å². The van der Waals surface area contributed by atoms with Gasteiger partial charge in [-0.1, -0.05) is 20.8 Å². The van der Waals surface area contributed by atoms with Crippen LogP contribution in [0.4, 0.5) is 19.0 Å². The summed E-state index contributed by atoms with van der Waals surface area (Å²) in [6.45, 7) is 5.64. The summed E-state index contributed by atoms with van der Waals surface area (Å²) in [6.07, 6.45) is -4.41. The lowest BCUT2D eigenvalue weighted by Crippen LogP contribution is -2.22. The number of nitrogens with zero attached hydrogens (tertiary/aromatic N) is 2. The maximum Gasteiger partial charge on any atom is 0.422 e. The van der Waals surface area contributed by atoms with Gasteiger partial charge in [-0.3, -0.25) is 0 Å². The van der Waals surface area contributed by atoms with Gasteiger partial charge in [0.25, 0.3) is 0 Å². The number of hydrogen-bond acceptors (Lipinski definition) is 4. The predicted molar refractivity (Wildman–Crippen MR) is 61.4 cm³/mol. The van der Waals surface area contributed by atoms with Gasteiger partial charge >= 0.3 is 6.18 Å². The monoisotopic (exact) mass is 263 g/mol. The standard InChI is InChI=1S/C11H16F3N3O/c1-6-7(15)16-9(10(2,3)4)17-8(6)18-5-11(12,13)14/h5H2,1-4H3,(H2,15,16,17). The molecule has 0 spiro atoms. The van der Waals surface area contributed by atoms with Crippen molar-refractivity contribution in [2.75, 3.05) is 12.3 Å². The van der Waals surface area contributed by atoms with Crippen LogP contribution in [0.15, 0.2) is 0 Å². The lowest BCUT2D eigenvalue weighted by molar-refractivity contribution is -0.154. The van der Waals surface area contributed by atoms with Crippen LogP contribution in [0.25, 0.3) is 0 Å². The molecule has 4 nitrogen and oxygen atoms in total. The Morgan fingerprint density at radius 1 is 1.17 bits per heavy atom. The van der Waals surface area contributed by atoms with Gasteiger partial charge in [-0.05, 0) is 6.92 Å². The third-order valence-electron chi connectivity index (χ3n) is 2.18. The van der Waals surface area contributed by atoms with E-state index in [0.29, 0.717) is 11.4 Å². The van der Waals surface area contributed by atoms with Gasteiger partial charge in [0.1, 0.15) is 11.6 Å². The molecule has 102 valence electrons. The summed E-state index contributed by atoms with van der Waals surface area (Å²) in [4.78, 5) is 8.05. The van der Waals surface area contributed by atoms with Crippen LogP contribution in [0.5, 0.6) is 5.88 Å². The molecular formula is C11H16F3N3O. The van der Waals surface area contributed by atoms with Crippen molar-refractivity contribution in [3.63, 3.8) is 0 Å². The topological polar surface area (TPSA) is 61.0 Å². The highest BCUT2D eigenvalue weighted by Gasteiger charge is 2.30. The third-order valence-corrected chi connectivity index (χ3v) is 2.18. The number of nitrogen functional groups attached to an aromatic ring is 1. The largest absolute Gasteiger partial charge is 0.468 e. The Hall–Kier alpha value is -1.53. The van der Waals surface area contributed by atoms with Gasteiger partial charge in [-0.15, -0.1) is 0 Å². The van der Waals surface area contributed by atoms with Crippen LogP contribution in [0.1, 0.15) is 32.2 Å². The molecule has 0 aliphatic rings. The van der Waals surface area contributed by atoms with E-state index in [1.807, 2.05) is 20.8 Å². The van der Waals surface area contributed by atoms with E-state index in [0.717, 1.165) is 0 Å². The quantitative estimate of drug-likeness (QED) is 0.891. The molecule has 0 saturated carbocycles.